The van der Waals surface area contributed by atoms with E-state index in [9.17, 15) is 0 Å². The van der Waals surface area contributed by atoms with Gasteiger partial charge in [0.1, 0.15) is 0 Å². The van der Waals surface area contributed by atoms with Crippen LogP contribution >= 0.6 is 0 Å². The Labute approximate surface area is 168 Å². The third kappa shape index (κ3) is 3.54. The van der Waals surface area contributed by atoms with E-state index in [1.807, 2.05) is 19.1 Å². The van der Waals surface area contributed by atoms with Crippen LogP contribution in [0, 0.1) is 0 Å². The van der Waals surface area contributed by atoms with Crippen LogP contribution in [0.25, 0.3) is 27.1 Å². The van der Waals surface area contributed by atoms with Crippen molar-refractivity contribution in [1.82, 2.24) is 0 Å². The maximum Gasteiger partial charge on any atom is -0.00132 e. The second-order valence-electron chi connectivity index (χ2n) is 6.58. The topological polar surface area (TPSA) is 0 Å². The number of hydrogen-bond donors (Lipinski definition) is 0. The molecule has 0 bridgehead atoms. The summed E-state index contributed by atoms with van der Waals surface area (Å²) < 4.78 is 0. The van der Waals surface area contributed by atoms with E-state index < -0.39 is 0 Å². The zero-order valence-electron chi connectivity index (χ0n) is 16.5. The summed E-state index contributed by atoms with van der Waals surface area (Å²) in [5.41, 5.74) is 5.40. The molecule has 0 aliphatic heterocycles. The molecule has 0 aromatic heterocycles. The lowest BCUT2D eigenvalue weighted by atomic mass is 9.93. The molecule has 3 aromatic carbocycles. The van der Waals surface area contributed by atoms with E-state index in [2.05, 4.69) is 98.6 Å². The van der Waals surface area contributed by atoms with Crippen molar-refractivity contribution >= 4 is 27.1 Å². The molecule has 0 amide bonds. The van der Waals surface area contributed by atoms with Crippen molar-refractivity contribution in [3.8, 4) is 0 Å². The predicted molar refractivity (Wildman–Crippen MR) is 127 cm³/mol. The number of benzene rings is 3. The number of allylic oxidation sites excluding steroid dienone is 9. The third-order valence-corrected chi connectivity index (χ3v) is 4.99. The van der Waals surface area contributed by atoms with Gasteiger partial charge in [-0.25, -0.2) is 0 Å². The molecule has 0 radical (unpaired) electrons. The Kier molecular flexibility index (Phi) is 6.24. The molecule has 1 aliphatic rings. The summed E-state index contributed by atoms with van der Waals surface area (Å²) in [6, 6.07) is 17.6. The summed E-state index contributed by atoms with van der Waals surface area (Å²) >= 11 is 0. The van der Waals surface area contributed by atoms with E-state index in [4.69, 9.17) is 0 Å². The van der Waals surface area contributed by atoms with Crippen LogP contribution in [0.15, 0.2) is 116 Å². The smallest absolute Gasteiger partial charge is 0.00132 e. The normalized spacial score (nSPS) is 16.2. The van der Waals surface area contributed by atoms with Crippen LogP contribution in [0.1, 0.15) is 18.1 Å². The fourth-order valence-corrected chi connectivity index (χ4v) is 3.86. The lowest BCUT2D eigenvalue weighted by Crippen LogP contribution is -1.87. The monoisotopic (exact) mass is 362 g/mol. The van der Waals surface area contributed by atoms with Gasteiger partial charge in [-0.2, -0.15) is 0 Å². The van der Waals surface area contributed by atoms with Crippen molar-refractivity contribution in [2.45, 2.75) is 13.3 Å². The van der Waals surface area contributed by atoms with Crippen LogP contribution in [-0.2, 0) is 6.42 Å². The molecular weight excluding hydrogens is 336 g/mol. The van der Waals surface area contributed by atoms with Crippen LogP contribution in [0.3, 0.4) is 0 Å². The summed E-state index contributed by atoms with van der Waals surface area (Å²) in [4.78, 5) is 0. The minimum absolute atomic E-state index is 0.967. The molecule has 0 heteroatoms. The van der Waals surface area contributed by atoms with E-state index in [-0.39, 0.29) is 0 Å². The van der Waals surface area contributed by atoms with E-state index in [1.165, 1.54) is 43.8 Å². The first-order chi connectivity index (χ1) is 13.8. The highest BCUT2D eigenvalue weighted by Gasteiger charge is 2.23. The standard InChI is InChI=1S/C26H22.C2H4/c1-3-5-6-7-12-21-18-22-17-16-20-15-14-19-11-8-9-13-24(19)25(20)26(22)23(21)10-4-2;1-2/h3-17H,2,18H2,1H3;1-2H2/b5-3-,7-6+,21-12-,23-10-;. The Hall–Kier alpha value is -3.38. The highest BCUT2D eigenvalue weighted by Crippen LogP contribution is 2.43. The molecule has 1 aliphatic carbocycles. The van der Waals surface area contributed by atoms with Gasteiger partial charge >= 0.3 is 0 Å². The molecular formula is C28H26. The SMILES string of the molecule is C=C.C=C/C=C1/C(=C\C=C\C=C/C)Cc2ccc3ccc4ccccc4c3c21. The molecule has 0 saturated heterocycles. The van der Waals surface area contributed by atoms with Crippen molar-refractivity contribution in [2.24, 2.45) is 0 Å². The number of hydrogen-bond acceptors (Lipinski definition) is 0. The first-order valence-electron chi connectivity index (χ1n) is 9.59. The molecule has 0 N–H and O–H groups in total. The zero-order chi connectivity index (χ0) is 19.9. The van der Waals surface area contributed by atoms with E-state index >= 15 is 0 Å². The van der Waals surface area contributed by atoms with E-state index in [0.29, 0.717) is 0 Å². The summed E-state index contributed by atoms with van der Waals surface area (Å²) in [5, 5.41) is 5.26. The highest BCUT2D eigenvalue weighted by atomic mass is 14.3. The maximum absolute atomic E-state index is 3.95. The average Bonchev–Trinajstić information content (AvgIpc) is 3.10. The molecule has 0 fully saturated rings. The van der Waals surface area contributed by atoms with Crippen LogP contribution in [0.5, 0.6) is 0 Å². The average molecular weight is 363 g/mol. The first-order valence-corrected chi connectivity index (χ1v) is 9.59. The van der Waals surface area contributed by atoms with Crippen molar-refractivity contribution in [3.05, 3.63) is 127 Å². The third-order valence-electron chi connectivity index (χ3n) is 4.99. The van der Waals surface area contributed by atoms with Gasteiger partial charge in [0.15, 0.2) is 0 Å². The lowest BCUT2D eigenvalue weighted by molar-refractivity contribution is 1.27. The minimum atomic E-state index is 0.967. The Morgan fingerprint density at radius 2 is 1.57 bits per heavy atom. The first kappa shape index (κ1) is 19.4. The predicted octanol–water partition coefficient (Wildman–Crippen LogP) is 7.98. The summed E-state index contributed by atoms with van der Waals surface area (Å²) in [7, 11) is 0. The Morgan fingerprint density at radius 3 is 2.36 bits per heavy atom. The molecule has 0 nitrogen and oxygen atoms in total. The van der Waals surface area contributed by atoms with Crippen LogP contribution in [0.4, 0.5) is 0 Å². The van der Waals surface area contributed by atoms with Gasteiger partial charge in [-0.15, -0.1) is 13.2 Å². The van der Waals surface area contributed by atoms with Gasteiger partial charge in [-0.05, 0) is 57.2 Å². The second kappa shape index (κ2) is 9.01. The van der Waals surface area contributed by atoms with Crippen molar-refractivity contribution in [1.29, 1.82) is 0 Å². The molecule has 138 valence electrons. The second-order valence-corrected chi connectivity index (χ2v) is 6.58. The summed E-state index contributed by atoms with van der Waals surface area (Å²) in [6.45, 7) is 12.0. The molecule has 0 atom stereocenters. The van der Waals surface area contributed by atoms with Gasteiger partial charge in [-0.1, -0.05) is 97.6 Å². The Morgan fingerprint density at radius 1 is 0.821 bits per heavy atom. The van der Waals surface area contributed by atoms with Crippen LogP contribution in [0.2, 0.25) is 0 Å². The van der Waals surface area contributed by atoms with Gasteiger partial charge in [0.2, 0.25) is 0 Å². The largest absolute Gasteiger partial charge is 0.106 e. The molecule has 3 aromatic rings. The lowest BCUT2D eigenvalue weighted by Gasteiger charge is -2.10. The van der Waals surface area contributed by atoms with Crippen LogP contribution < -0.4 is 0 Å². The molecule has 0 unspecified atom stereocenters. The van der Waals surface area contributed by atoms with Gasteiger partial charge in [0, 0.05) is 0 Å². The van der Waals surface area contributed by atoms with Crippen molar-refractivity contribution in [3.63, 3.8) is 0 Å². The molecule has 0 heterocycles. The van der Waals surface area contributed by atoms with Gasteiger partial charge in [0.25, 0.3) is 0 Å². The Balaban J connectivity index is 0.00000109. The quantitative estimate of drug-likeness (QED) is 0.252. The van der Waals surface area contributed by atoms with Gasteiger partial charge in [0.05, 0.1) is 0 Å². The zero-order valence-corrected chi connectivity index (χ0v) is 16.5. The highest BCUT2D eigenvalue weighted by molar-refractivity contribution is 6.15. The van der Waals surface area contributed by atoms with Crippen molar-refractivity contribution < 1.29 is 0 Å². The van der Waals surface area contributed by atoms with Crippen LogP contribution in [-0.4, -0.2) is 0 Å². The minimum Gasteiger partial charge on any atom is -0.106 e. The van der Waals surface area contributed by atoms with Gasteiger partial charge in [-0.3, -0.25) is 0 Å². The van der Waals surface area contributed by atoms with Gasteiger partial charge < -0.3 is 0 Å². The number of fused-ring (bicyclic) bond motifs is 5. The molecule has 4 rings (SSSR count). The summed E-state index contributed by atoms with van der Waals surface area (Å²) in [5.74, 6) is 0. The molecule has 28 heavy (non-hydrogen) atoms. The van der Waals surface area contributed by atoms with Crippen molar-refractivity contribution in [2.75, 3.05) is 0 Å². The fourth-order valence-electron chi connectivity index (χ4n) is 3.86. The Bertz CT molecular complexity index is 1130. The van der Waals surface area contributed by atoms with E-state index in [0.717, 1.165) is 6.42 Å². The number of rotatable bonds is 3. The fraction of sp³-hybridized carbons (Fsp3) is 0.0714. The molecule has 0 saturated carbocycles. The maximum atomic E-state index is 3.95. The summed E-state index contributed by atoms with van der Waals surface area (Å²) in [6.07, 6.45) is 15.5. The van der Waals surface area contributed by atoms with E-state index in [1.54, 1.807) is 0 Å². The molecule has 0 spiro atoms.